The van der Waals surface area contributed by atoms with Crippen molar-refractivity contribution in [2.45, 2.75) is 52.4 Å². The second kappa shape index (κ2) is 10.1. The van der Waals surface area contributed by atoms with Crippen molar-refractivity contribution in [1.82, 2.24) is 9.97 Å². The summed E-state index contributed by atoms with van der Waals surface area (Å²) in [5, 5.41) is 1.89. The normalized spacial score (nSPS) is 12.3. The zero-order valence-corrected chi connectivity index (χ0v) is 26.6. The second-order valence-electron chi connectivity index (χ2n) is 12.6. The molecule has 3 aromatic carbocycles. The molecule has 5 nitrogen and oxygen atoms in total. The largest absolute Gasteiger partial charge is 2.00 e. The molecule has 4 aromatic heterocycles. The molecule has 7 rings (SSSR count). The summed E-state index contributed by atoms with van der Waals surface area (Å²) in [7, 11) is 0. The van der Waals surface area contributed by atoms with Crippen LogP contribution in [0.15, 0.2) is 81.8 Å². The number of nitrogens with zero attached hydrogens (tertiary/aromatic N) is 2. The Morgan fingerprint density at radius 1 is 0.690 bits per heavy atom. The van der Waals surface area contributed by atoms with E-state index in [-0.39, 0.29) is 31.9 Å². The Kier molecular flexibility index (Phi) is 6.78. The second-order valence-corrected chi connectivity index (χ2v) is 12.6. The number of hydrogen-bond acceptors (Lipinski definition) is 5. The Bertz CT molecular complexity index is 1980. The molecule has 0 radical (unpaired) electrons. The summed E-state index contributed by atoms with van der Waals surface area (Å²) in [6.07, 6.45) is 1.79. The Hall–Kier alpha value is -3.95. The van der Waals surface area contributed by atoms with Gasteiger partial charge in [-0.3, -0.25) is 4.98 Å². The predicted molar refractivity (Wildman–Crippen MR) is 163 cm³/mol. The average molecular weight is 734 g/mol. The van der Waals surface area contributed by atoms with E-state index in [1.54, 1.807) is 6.20 Å². The van der Waals surface area contributed by atoms with Gasteiger partial charge in [-0.2, -0.15) is 0 Å². The van der Waals surface area contributed by atoms with Crippen molar-refractivity contribution in [3.8, 4) is 34.0 Å². The van der Waals surface area contributed by atoms with Gasteiger partial charge in [0.1, 0.15) is 16.7 Å². The molecule has 6 heteroatoms. The van der Waals surface area contributed by atoms with Gasteiger partial charge in [-0.25, -0.2) is 0 Å². The van der Waals surface area contributed by atoms with Gasteiger partial charge in [-0.1, -0.05) is 83.5 Å². The molecule has 212 valence electrons. The number of aromatic nitrogens is 2. The van der Waals surface area contributed by atoms with Crippen LogP contribution in [-0.4, -0.2) is 9.97 Å². The van der Waals surface area contributed by atoms with Crippen molar-refractivity contribution < 1.29 is 34.6 Å². The van der Waals surface area contributed by atoms with Gasteiger partial charge in [0.25, 0.3) is 0 Å². The number of furan rings is 2. The van der Waals surface area contributed by atoms with Crippen molar-refractivity contribution in [3.63, 3.8) is 0 Å². The minimum atomic E-state index is -0.160. The maximum absolute atomic E-state index is 6.66. The van der Waals surface area contributed by atoms with Gasteiger partial charge in [0.2, 0.25) is 5.71 Å². The van der Waals surface area contributed by atoms with Crippen molar-refractivity contribution in [3.05, 3.63) is 96.2 Å². The zero-order chi connectivity index (χ0) is 28.5. The molecule has 0 aliphatic carbocycles. The third-order valence-corrected chi connectivity index (χ3v) is 7.47. The summed E-state index contributed by atoms with van der Waals surface area (Å²) in [4.78, 5) is 9.43. The van der Waals surface area contributed by atoms with E-state index in [2.05, 4.69) is 82.9 Å². The maximum atomic E-state index is 6.66. The van der Waals surface area contributed by atoms with E-state index in [9.17, 15) is 0 Å². The van der Waals surface area contributed by atoms with E-state index in [1.165, 1.54) is 0 Å². The molecule has 42 heavy (non-hydrogen) atoms. The molecule has 0 amide bonds. The summed E-state index contributed by atoms with van der Waals surface area (Å²) >= 11 is 0. The Labute approximate surface area is 259 Å². The third-order valence-electron chi connectivity index (χ3n) is 7.47. The van der Waals surface area contributed by atoms with Crippen LogP contribution in [0.4, 0.5) is 0 Å². The van der Waals surface area contributed by atoms with E-state index in [4.69, 9.17) is 18.6 Å². The van der Waals surface area contributed by atoms with Gasteiger partial charge < -0.3 is 18.6 Å². The van der Waals surface area contributed by atoms with Gasteiger partial charge in [-0.05, 0) is 46.5 Å². The van der Waals surface area contributed by atoms with Gasteiger partial charge in [0.15, 0.2) is 0 Å². The first-order chi connectivity index (χ1) is 19.5. The summed E-state index contributed by atoms with van der Waals surface area (Å²) < 4.78 is 19.0. The molecule has 0 unspecified atom stereocenters. The molecule has 0 bridgehead atoms. The first-order valence-electron chi connectivity index (χ1n) is 13.8. The molecule has 0 saturated heterocycles. The van der Waals surface area contributed by atoms with Crippen LogP contribution < -0.4 is 4.74 Å². The Morgan fingerprint density at radius 2 is 1.48 bits per heavy atom. The maximum Gasteiger partial charge on any atom is 2.00 e. The van der Waals surface area contributed by atoms with E-state index in [0.717, 1.165) is 55.5 Å². The minimum absolute atomic E-state index is 0. The summed E-state index contributed by atoms with van der Waals surface area (Å²) in [6, 6.07) is 29.0. The monoisotopic (exact) mass is 733 g/mol. The van der Waals surface area contributed by atoms with Crippen LogP contribution in [0.5, 0.6) is 11.5 Å². The average Bonchev–Trinajstić information content (AvgIpc) is 3.51. The van der Waals surface area contributed by atoms with E-state index >= 15 is 0 Å². The van der Waals surface area contributed by atoms with Crippen LogP contribution in [0, 0.1) is 12.1 Å². The SMILES string of the molecule is CC(C)(C)c1cc(Oc2[c-]c(-c3ccccn3)ccc2C(C)(C)C)[c-]c(-c2cc3oc4cccc5oc(n2)c3c45)c1.[Pt+2]. The fraction of sp³-hybridized carbons (Fsp3) is 0.222. The number of pyridine rings is 2. The Balaban J connectivity index is 0.00000316. The van der Waals surface area contributed by atoms with Crippen LogP contribution in [0.3, 0.4) is 0 Å². The number of benzene rings is 3. The van der Waals surface area contributed by atoms with Gasteiger partial charge in [-0.15, -0.1) is 34.9 Å². The van der Waals surface area contributed by atoms with E-state index in [1.807, 2.05) is 42.5 Å². The summed E-state index contributed by atoms with van der Waals surface area (Å²) in [5.74, 6) is 1.25. The van der Waals surface area contributed by atoms with Crippen LogP contribution in [0.25, 0.3) is 55.7 Å². The summed E-state index contributed by atoms with van der Waals surface area (Å²) in [6.45, 7) is 13.1. The van der Waals surface area contributed by atoms with Gasteiger partial charge in [0, 0.05) is 17.7 Å². The van der Waals surface area contributed by atoms with Crippen molar-refractivity contribution in [2.75, 3.05) is 0 Å². The van der Waals surface area contributed by atoms with E-state index in [0.29, 0.717) is 22.9 Å². The quantitative estimate of drug-likeness (QED) is 0.169. The molecule has 0 atom stereocenters. The van der Waals surface area contributed by atoms with Crippen molar-refractivity contribution in [1.29, 1.82) is 0 Å². The van der Waals surface area contributed by atoms with Crippen LogP contribution in [0.2, 0.25) is 0 Å². The van der Waals surface area contributed by atoms with Gasteiger partial charge >= 0.3 is 21.1 Å². The third kappa shape index (κ3) is 4.90. The predicted octanol–water partition coefficient (Wildman–Crippen LogP) is 9.88. The standard InChI is InChI=1S/C36H30N2O3.Pt/c1-35(2,3)23-16-22(27-20-31-33-32-28(40-31)11-9-12-29(32)41-34(33)38-27)17-24(19-23)39-30-18-21(26-10-7-8-15-37-26)13-14-25(30)36(4,5)6;/h7-16,19-20H,1-6H3;/q-2;+2. The topological polar surface area (TPSA) is 61.3 Å². The minimum Gasteiger partial charge on any atom is -0.496 e. The molecule has 0 aliphatic heterocycles. The van der Waals surface area contributed by atoms with E-state index < -0.39 is 0 Å². The van der Waals surface area contributed by atoms with Crippen LogP contribution in [-0.2, 0) is 31.9 Å². The summed E-state index contributed by atoms with van der Waals surface area (Å²) in [5.41, 5.74) is 7.95. The molecular formula is C36H30N2O3Pt. The van der Waals surface area contributed by atoms with Crippen molar-refractivity contribution in [2.24, 2.45) is 0 Å². The first kappa shape index (κ1) is 28.2. The first-order valence-corrected chi connectivity index (χ1v) is 13.8. The molecule has 0 spiro atoms. The molecule has 0 saturated carbocycles. The smallest absolute Gasteiger partial charge is 0.496 e. The molecule has 0 fully saturated rings. The number of ether oxygens (including phenoxy) is 1. The zero-order valence-electron chi connectivity index (χ0n) is 24.4. The van der Waals surface area contributed by atoms with Crippen LogP contribution >= 0.6 is 0 Å². The fourth-order valence-corrected chi connectivity index (χ4v) is 5.27. The molecule has 0 aliphatic rings. The molecular weight excluding hydrogens is 703 g/mol. The number of rotatable bonds is 4. The van der Waals surface area contributed by atoms with Gasteiger partial charge in [0.05, 0.1) is 10.8 Å². The molecule has 4 heterocycles. The molecule has 7 aromatic rings. The Morgan fingerprint density at radius 3 is 2.19 bits per heavy atom. The fourth-order valence-electron chi connectivity index (χ4n) is 5.27. The van der Waals surface area contributed by atoms with Crippen molar-refractivity contribution >= 4 is 33.2 Å². The van der Waals surface area contributed by atoms with Crippen LogP contribution in [0.1, 0.15) is 52.7 Å². The number of hydrogen-bond donors (Lipinski definition) is 0. The molecule has 0 N–H and O–H groups in total.